The molecule has 0 aliphatic carbocycles. The van der Waals surface area contributed by atoms with E-state index in [1.165, 1.54) is 29.9 Å². The fourth-order valence-corrected chi connectivity index (χ4v) is 3.71. The summed E-state index contributed by atoms with van der Waals surface area (Å²) >= 11 is 0. The predicted octanol–water partition coefficient (Wildman–Crippen LogP) is 2.02. The predicted molar refractivity (Wildman–Crippen MR) is 124 cm³/mol. The number of aromatic nitrogens is 4. The second-order valence-corrected chi connectivity index (χ2v) is 7.92. The molecule has 0 radical (unpaired) electrons. The Morgan fingerprint density at radius 1 is 1.00 bits per heavy atom. The normalized spacial score (nSPS) is 12.9. The minimum atomic E-state index is -0.727. The van der Waals surface area contributed by atoms with Crippen LogP contribution in [0.5, 0.6) is 0 Å². The van der Waals surface area contributed by atoms with Crippen LogP contribution in [-0.4, -0.2) is 57.7 Å². The van der Waals surface area contributed by atoms with E-state index in [1.807, 2.05) is 25.1 Å². The average Bonchev–Trinajstić information content (AvgIpc) is 3.54. The van der Waals surface area contributed by atoms with Crippen LogP contribution in [0.3, 0.4) is 0 Å². The molecule has 0 unspecified atom stereocenters. The molecule has 2 heterocycles. The molecule has 1 aliphatic heterocycles. The number of benzene rings is 2. The van der Waals surface area contributed by atoms with Gasteiger partial charge in [0.1, 0.15) is 12.9 Å². The first-order valence-corrected chi connectivity index (χ1v) is 10.9. The lowest BCUT2D eigenvalue weighted by atomic mass is 10.1. The highest BCUT2D eigenvalue weighted by atomic mass is 16.5. The lowest BCUT2D eigenvalue weighted by molar-refractivity contribution is -0.119. The number of rotatable bonds is 8. The van der Waals surface area contributed by atoms with Gasteiger partial charge in [-0.1, -0.05) is 12.1 Å². The third-order valence-corrected chi connectivity index (χ3v) is 5.41. The number of tetrazole rings is 1. The molecule has 2 N–H and O–H groups in total. The molecule has 4 rings (SSSR count). The highest BCUT2D eigenvalue weighted by Gasteiger charge is 2.17. The second-order valence-electron chi connectivity index (χ2n) is 7.92. The molecular formula is C23H25N7O4. The van der Waals surface area contributed by atoms with Crippen molar-refractivity contribution < 1.29 is 19.1 Å². The van der Waals surface area contributed by atoms with E-state index in [9.17, 15) is 14.4 Å². The summed E-state index contributed by atoms with van der Waals surface area (Å²) in [6, 6.07) is 12.3. The van der Waals surface area contributed by atoms with E-state index in [0.29, 0.717) is 5.69 Å². The quantitative estimate of drug-likeness (QED) is 0.485. The maximum atomic E-state index is 12.6. The maximum absolute atomic E-state index is 12.6. The Morgan fingerprint density at radius 3 is 2.50 bits per heavy atom. The van der Waals surface area contributed by atoms with Crippen molar-refractivity contribution in [1.29, 1.82) is 0 Å². The van der Waals surface area contributed by atoms with Crippen LogP contribution >= 0.6 is 0 Å². The number of carbonyl (C=O) groups is 3. The number of amides is 2. The van der Waals surface area contributed by atoms with Crippen LogP contribution in [0, 0.1) is 6.92 Å². The monoisotopic (exact) mass is 463 g/mol. The molecule has 0 bridgehead atoms. The van der Waals surface area contributed by atoms with Gasteiger partial charge in [0.25, 0.3) is 5.91 Å². The molecule has 0 spiro atoms. The number of anilines is 3. The van der Waals surface area contributed by atoms with E-state index in [-0.39, 0.29) is 17.8 Å². The van der Waals surface area contributed by atoms with Crippen molar-refractivity contribution in [3.63, 3.8) is 0 Å². The van der Waals surface area contributed by atoms with Gasteiger partial charge in [0.2, 0.25) is 5.91 Å². The summed E-state index contributed by atoms with van der Waals surface area (Å²) in [7, 11) is 0. The topological polar surface area (TPSA) is 131 Å². The van der Waals surface area contributed by atoms with E-state index >= 15 is 0 Å². The van der Waals surface area contributed by atoms with E-state index in [4.69, 9.17) is 4.74 Å². The van der Waals surface area contributed by atoms with Crippen LogP contribution in [0.15, 0.2) is 48.8 Å². The minimum Gasteiger partial charge on any atom is -0.452 e. The Bertz CT molecular complexity index is 1170. The molecule has 176 valence electrons. The Kier molecular flexibility index (Phi) is 7.11. The summed E-state index contributed by atoms with van der Waals surface area (Å²) in [5.74, 6) is -1.60. The van der Waals surface area contributed by atoms with Crippen molar-refractivity contribution in [3.05, 3.63) is 59.9 Å². The van der Waals surface area contributed by atoms with Gasteiger partial charge >= 0.3 is 5.97 Å². The largest absolute Gasteiger partial charge is 0.452 e. The summed E-state index contributed by atoms with van der Waals surface area (Å²) in [4.78, 5) is 39.5. The van der Waals surface area contributed by atoms with E-state index in [1.54, 1.807) is 18.2 Å². The molecule has 3 aromatic rings. The summed E-state index contributed by atoms with van der Waals surface area (Å²) in [6.45, 7) is 3.44. The van der Waals surface area contributed by atoms with Gasteiger partial charge in [-0.15, -0.1) is 5.10 Å². The Balaban J connectivity index is 1.32. The first-order valence-electron chi connectivity index (χ1n) is 10.9. The number of aryl methyl sites for hydroxylation is 1. The van der Waals surface area contributed by atoms with Crippen molar-refractivity contribution in [2.45, 2.75) is 26.3 Å². The minimum absolute atomic E-state index is 0.116. The molecule has 1 aliphatic rings. The van der Waals surface area contributed by atoms with E-state index in [2.05, 4.69) is 31.1 Å². The standard InChI is InChI=1S/C23H25N7O4/c1-16-12-17(29-10-4-5-11-29)8-9-19(16)25-22(32)14-34-23(33)18-6-2-3-7-20(18)26-21(31)13-30-15-24-27-28-30/h2-3,6-9,12,15H,4-5,10-11,13-14H2,1H3,(H,25,32)(H,26,31). The second kappa shape index (κ2) is 10.6. The number of para-hydroxylation sites is 1. The third-order valence-electron chi connectivity index (χ3n) is 5.41. The summed E-state index contributed by atoms with van der Waals surface area (Å²) in [5, 5.41) is 16.0. The van der Waals surface area contributed by atoms with Crippen molar-refractivity contribution in [2.24, 2.45) is 0 Å². The zero-order valence-corrected chi connectivity index (χ0v) is 18.7. The van der Waals surface area contributed by atoms with Crippen molar-refractivity contribution >= 4 is 34.8 Å². The van der Waals surface area contributed by atoms with Gasteiger partial charge in [0, 0.05) is 24.5 Å². The van der Waals surface area contributed by atoms with Crippen LogP contribution in [0.1, 0.15) is 28.8 Å². The zero-order valence-electron chi connectivity index (χ0n) is 18.7. The number of esters is 1. The van der Waals surface area contributed by atoms with Gasteiger partial charge in [0.15, 0.2) is 6.61 Å². The van der Waals surface area contributed by atoms with Crippen molar-refractivity contribution in [2.75, 3.05) is 35.2 Å². The zero-order chi connectivity index (χ0) is 23.9. The summed E-state index contributed by atoms with van der Waals surface area (Å²) in [6.07, 6.45) is 3.68. The molecule has 2 aromatic carbocycles. The van der Waals surface area contributed by atoms with Crippen molar-refractivity contribution in [3.8, 4) is 0 Å². The number of nitrogens with zero attached hydrogens (tertiary/aromatic N) is 5. The lowest BCUT2D eigenvalue weighted by Crippen LogP contribution is -2.23. The molecule has 0 saturated carbocycles. The van der Waals surface area contributed by atoms with Gasteiger partial charge in [-0.05, 0) is 66.1 Å². The van der Waals surface area contributed by atoms with Gasteiger partial charge in [-0.2, -0.15) is 0 Å². The molecule has 34 heavy (non-hydrogen) atoms. The average molecular weight is 463 g/mol. The SMILES string of the molecule is Cc1cc(N2CCCC2)ccc1NC(=O)COC(=O)c1ccccc1NC(=O)Cn1cnnn1. The van der Waals surface area contributed by atoms with E-state index < -0.39 is 24.4 Å². The highest BCUT2D eigenvalue weighted by molar-refractivity contribution is 6.02. The lowest BCUT2D eigenvalue weighted by Gasteiger charge is -2.19. The Labute approximate surface area is 196 Å². The Hall–Kier alpha value is -4.28. The molecule has 2 amide bonds. The molecule has 1 saturated heterocycles. The molecule has 11 heteroatoms. The van der Waals surface area contributed by atoms with Gasteiger partial charge < -0.3 is 20.3 Å². The van der Waals surface area contributed by atoms with Crippen LogP contribution < -0.4 is 15.5 Å². The number of ether oxygens (including phenoxy) is 1. The van der Waals surface area contributed by atoms with Crippen LogP contribution in [-0.2, 0) is 20.9 Å². The van der Waals surface area contributed by atoms with Gasteiger partial charge in [-0.25, -0.2) is 9.48 Å². The Morgan fingerprint density at radius 2 is 1.76 bits per heavy atom. The number of hydrogen-bond donors (Lipinski definition) is 2. The van der Waals surface area contributed by atoms with Crippen molar-refractivity contribution in [1.82, 2.24) is 20.2 Å². The van der Waals surface area contributed by atoms with Gasteiger partial charge in [0.05, 0.1) is 11.3 Å². The molecule has 0 atom stereocenters. The van der Waals surface area contributed by atoms with E-state index in [0.717, 1.165) is 24.3 Å². The first-order chi connectivity index (χ1) is 16.5. The smallest absolute Gasteiger partial charge is 0.340 e. The maximum Gasteiger partial charge on any atom is 0.340 e. The highest BCUT2D eigenvalue weighted by Crippen LogP contribution is 2.25. The number of hydrogen-bond acceptors (Lipinski definition) is 8. The van der Waals surface area contributed by atoms with Crippen LogP contribution in [0.4, 0.5) is 17.1 Å². The summed E-state index contributed by atoms with van der Waals surface area (Å²) < 4.78 is 6.44. The fraction of sp³-hybridized carbons (Fsp3) is 0.304. The summed E-state index contributed by atoms with van der Waals surface area (Å²) in [5.41, 5.74) is 3.13. The molecule has 11 nitrogen and oxygen atoms in total. The number of nitrogens with one attached hydrogen (secondary N) is 2. The third kappa shape index (κ3) is 5.74. The fourth-order valence-electron chi connectivity index (χ4n) is 3.71. The molecule has 1 aromatic heterocycles. The molecular weight excluding hydrogens is 438 g/mol. The van der Waals surface area contributed by atoms with Crippen LogP contribution in [0.2, 0.25) is 0 Å². The number of carbonyl (C=O) groups excluding carboxylic acids is 3. The first kappa shape index (κ1) is 22.9. The van der Waals surface area contributed by atoms with Crippen LogP contribution in [0.25, 0.3) is 0 Å². The van der Waals surface area contributed by atoms with Gasteiger partial charge in [-0.3, -0.25) is 9.59 Å². The molecule has 1 fully saturated rings.